The third-order valence-electron chi connectivity index (χ3n) is 3.15. The number of anilines is 3. The van der Waals surface area contributed by atoms with Crippen molar-refractivity contribution in [2.45, 2.75) is 6.61 Å². The van der Waals surface area contributed by atoms with Gasteiger partial charge in [0.2, 0.25) is 0 Å². The van der Waals surface area contributed by atoms with Crippen LogP contribution in [-0.2, 0) is 0 Å². The van der Waals surface area contributed by atoms with E-state index in [0.29, 0.717) is 21.5 Å². The predicted octanol–water partition coefficient (Wildman–Crippen LogP) is 5.39. The Hall–Kier alpha value is -2.71. The van der Waals surface area contributed by atoms with E-state index < -0.39 is 6.61 Å². The molecule has 1 heterocycles. The second-order valence-electron chi connectivity index (χ2n) is 5.03. The van der Waals surface area contributed by atoms with Crippen LogP contribution in [0.5, 0.6) is 5.75 Å². The lowest BCUT2D eigenvalue weighted by Crippen LogP contribution is -2.12. The minimum absolute atomic E-state index is 0.0614. The Balaban J connectivity index is 1.63. The number of alkyl halides is 2. The van der Waals surface area contributed by atoms with E-state index in [4.69, 9.17) is 11.6 Å². The van der Waals surface area contributed by atoms with Crippen molar-refractivity contribution < 1.29 is 18.3 Å². The van der Waals surface area contributed by atoms with Gasteiger partial charge in [0.15, 0.2) is 5.13 Å². The summed E-state index contributed by atoms with van der Waals surface area (Å²) in [6.45, 7) is -2.87. The molecule has 0 aliphatic carbocycles. The average molecular weight is 396 g/mol. The van der Waals surface area contributed by atoms with Crippen LogP contribution < -0.4 is 15.4 Å². The van der Waals surface area contributed by atoms with Gasteiger partial charge in [-0.05, 0) is 42.5 Å². The minimum Gasteiger partial charge on any atom is -0.435 e. The summed E-state index contributed by atoms with van der Waals surface area (Å²) < 4.78 is 28.6. The van der Waals surface area contributed by atoms with Crippen molar-refractivity contribution in [1.82, 2.24) is 4.98 Å². The van der Waals surface area contributed by atoms with Gasteiger partial charge in [-0.1, -0.05) is 17.7 Å². The molecule has 0 aliphatic rings. The first-order chi connectivity index (χ1) is 12.5. The maximum atomic E-state index is 12.2. The van der Waals surface area contributed by atoms with Crippen LogP contribution in [0.3, 0.4) is 0 Å². The molecule has 3 rings (SSSR count). The molecule has 1 amide bonds. The molecule has 0 radical (unpaired) electrons. The Morgan fingerprint density at radius 1 is 1.15 bits per heavy atom. The molecule has 2 N–H and O–H groups in total. The molecule has 5 nitrogen and oxygen atoms in total. The number of amides is 1. The van der Waals surface area contributed by atoms with Crippen molar-refractivity contribution in [1.29, 1.82) is 0 Å². The van der Waals surface area contributed by atoms with Gasteiger partial charge in [0.05, 0.1) is 0 Å². The molecule has 3 aromatic rings. The van der Waals surface area contributed by atoms with Crippen LogP contribution in [0.25, 0.3) is 0 Å². The number of halogens is 3. The molecule has 0 aliphatic heterocycles. The number of hydrogen-bond donors (Lipinski definition) is 2. The zero-order valence-corrected chi connectivity index (χ0v) is 14.7. The predicted molar refractivity (Wildman–Crippen MR) is 97.9 cm³/mol. The number of ether oxygens (including phenoxy) is 1. The van der Waals surface area contributed by atoms with Crippen molar-refractivity contribution in [2.24, 2.45) is 0 Å². The molecule has 0 fully saturated rings. The highest BCUT2D eigenvalue weighted by molar-refractivity contribution is 7.14. The van der Waals surface area contributed by atoms with E-state index in [0.717, 1.165) is 0 Å². The molecular formula is C17H12ClF2N3O2S. The highest BCUT2D eigenvalue weighted by Crippen LogP contribution is 2.24. The number of carbonyl (C=O) groups is 1. The van der Waals surface area contributed by atoms with Crippen LogP contribution in [0.1, 0.15) is 10.5 Å². The fraction of sp³-hybridized carbons (Fsp3) is 0.0588. The fourth-order valence-electron chi connectivity index (χ4n) is 2.04. The summed E-state index contributed by atoms with van der Waals surface area (Å²) >= 11 is 7.12. The lowest BCUT2D eigenvalue weighted by Gasteiger charge is -2.06. The van der Waals surface area contributed by atoms with Crippen LogP contribution in [0, 0.1) is 0 Å². The Labute approximate surface area is 156 Å². The van der Waals surface area contributed by atoms with E-state index in [2.05, 4.69) is 20.4 Å². The monoisotopic (exact) mass is 395 g/mol. The lowest BCUT2D eigenvalue weighted by molar-refractivity contribution is -0.0498. The number of carbonyl (C=O) groups excluding carboxylic acids is 1. The van der Waals surface area contributed by atoms with Crippen molar-refractivity contribution in [3.8, 4) is 5.75 Å². The Morgan fingerprint density at radius 2 is 1.92 bits per heavy atom. The fourth-order valence-corrected chi connectivity index (χ4v) is 2.94. The maximum absolute atomic E-state index is 12.2. The highest BCUT2D eigenvalue weighted by Gasteiger charge is 2.12. The number of benzene rings is 2. The lowest BCUT2D eigenvalue weighted by atomic mass is 10.3. The second kappa shape index (κ2) is 8.11. The number of aromatic nitrogens is 1. The normalized spacial score (nSPS) is 10.6. The molecule has 2 aromatic carbocycles. The summed E-state index contributed by atoms with van der Waals surface area (Å²) in [4.78, 5) is 16.4. The van der Waals surface area contributed by atoms with Gasteiger partial charge in [0.25, 0.3) is 5.91 Å². The Bertz CT molecular complexity index is 903. The summed E-state index contributed by atoms with van der Waals surface area (Å²) in [5.41, 5.74) is 1.44. The van der Waals surface area contributed by atoms with E-state index >= 15 is 0 Å². The van der Waals surface area contributed by atoms with Crippen LogP contribution in [-0.4, -0.2) is 17.5 Å². The first-order valence-electron chi connectivity index (χ1n) is 7.34. The van der Waals surface area contributed by atoms with Crippen molar-refractivity contribution in [2.75, 3.05) is 10.6 Å². The molecule has 0 bridgehead atoms. The second-order valence-corrected chi connectivity index (χ2v) is 6.32. The molecule has 0 atom stereocenters. The molecule has 0 saturated carbocycles. The average Bonchev–Trinajstić information content (AvgIpc) is 3.05. The van der Waals surface area contributed by atoms with E-state index in [9.17, 15) is 13.6 Å². The first kappa shape index (κ1) is 18.1. The van der Waals surface area contributed by atoms with Gasteiger partial charge in [-0.3, -0.25) is 4.79 Å². The van der Waals surface area contributed by atoms with Gasteiger partial charge in [0.1, 0.15) is 11.4 Å². The SMILES string of the molecule is O=C(Nc1cccc(Cl)c1)c1csc(Nc2ccc(OC(F)F)cc2)n1. The number of hydrogen-bond acceptors (Lipinski definition) is 5. The summed E-state index contributed by atoms with van der Waals surface area (Å²) in [5.74, 6) is -0.302. The largest absolute Gasteiger partial charge is 0.435 e. The Kier molecular flexibility index (Phi) is 5.65. The first-order valence-corrected chi connectivity index (χ1v) is 8.60. The van der Waals surface area contributed by atoms with Gasteiger partial charge in [-0.15, -0.1) is 11.3 Å². The zero-order chi connectivity index (χ0) is 18.5. The van der Waals surface area contributed by atoms with Crippen molar-refractivity contribution in [3.63, 3.8) is 0 Å². The van der Waals surface area contributed by atoms with Gasteiger partial charge in [-0.25, -0.2) is 4.98 Å². The van der Waals surface area contributed by atoms with Crippen LogP contribution in [0.2, 0.25) is 5.02 Å². The zero-order valence-electron chi connectivity index (χ0n) is 13.1. The summed E-state index contributed by atoms with van der Waals surface area (Å²) in [5, 5.41) is 8.32. The molecule has 0 unspecified atom stereocenters. The van der Waals surface area contributed by atoms with E-state index in [1.807, 2.05) is 0 Å². The summed E-state index contributed by atoms with van der Waals surface area (Å²) in [7, 11) is 0. The number of nitrogens with one attached hydrogen (secondary N) is 2. The smallest absolute Gasteiger partial charge is 0.387 e. The highest BCUT2D eigenvalue weighted by atomic mass is 35.5. The van der Waals surface area contributed by atoms with Crippen LogP contribution in [0.15, 0.2) is 53.9 Å². The molecule has 26 heavy (non-hydrogen) atoms. The van der Waals surface area contributed by atoms with Crippen LogP contribution in [0.4, 0.5) is 25.3 Å². The number of rotatable bonds is 6. The van der Waals surface area contributed by atoms with E-state index in [-0.39, 0.29) is 17.4 Å². The van der Waals surface area contributed by atoms with Crippen LogP contribution >= 0.6 is 22.9 Å². The quantitative estimate of drug-likeness (QED) is 0.587. The molecule has 0 saturated heterocycles. The number of thiazole rings is 1. The minimum atomic E-state index is -2.87. The van der Waals surface area contributed by atoms with Gasteiger partial charge < -0.3 is 15.4 Å². The summed E-state index contributed by atoms with van der Waals surface area (Å²) in [6.07, 6.45) is 0. The van der Waals surface area contributed by atoms with E-state index in [1.165, 1.54) is 23.5 Å². The standard InChI is InChI=1S/C17H12ClF2N3O2S/c18-10-2-1-3-12(8-10)21-15(24)14-9-26-17(23-14)22-11-4-6-13(7-5-11)25-16(19)20/h1-9,16H,(H,21,24)(H,22,23). The van der Waals surface area contributed by atoms with Crippen molar-refractivity contribution >= 4 is 45.4 Å². The number of nitrogens with zero attached hydrogens (tertiary/aromatic N) is 1. The summed E-state index contributed by atoms with van der Waals surface area (Å²) in [6, 6.07) is 12.8. The molecule has 0 spiro atoms. The molecule has 1 aromatic heterocycles. The van der Waals surface area contributed by atoms with Gasteiger partial charge in [0, 0.05) is 21.8 Å². The Morgan fingerprint density at radius 3 is 2.62 bits per heavy atom. The molecule has 9 heteroatoms. The van der Waals surface area contributed by atoms with E-state index in [1.54, 1.807) is 41.8 Å². The third-order valence-corrected chi connectivity index (χ3v) is 4.14. The molecule has 134 valence electrons. The topological polar surface area (TPSA) is 63.2 Å². The van der Waals surface area contributed by atoms with Gasteiger partial charge in [-0.2, -0.15) is 8.78 Å². The third kappa shape index (κ3) is 4.90. The van der Waals surface area contributed by atoms with Crippen molar-refractivity contribution in [3.05, 3.63) is 64.6 Å². The molecular weight excluding hydrogens is 384 g/mol. The van der Waals surface area contributed by atoms with Gasteiger partial charge >= 0.3 is 6.61 Å². The maximum Gasteiger partial charge on any atom is 0.387 e.